The Hall–Kier alpha value is -2.55. The fourth-order valence-corrected chi connectivity index (χ4v) is 2.62. The third-order valence-electron chi connectivity index (χ3n) is 4.18. The maximum absolute atomic E-state index is 4.61. The molecule has 27 heavy (non-hydrogen) atoms. The molecule has 0 aromatic heterocycles. The normalized spacial score (nSPS) is 11.6. The molecule has 0 saturated carbocycles. The maximum atomic E-state index is 4.61. The van der Waals surface area contributed by atoms with Gasteiger partial charge in [0.2, 0.25) is 0 Å². The molecule has 0 N–H and O–H groups in total. The van der Waals surface area contributed by atoms with Crippen molar-refractivity contribution >= 4 is 29.5 Å². The number of benzene rings is 2. The summed E-state index contributed by atoms with van der Waals surface area (Å²) in [6.07, 6.45) is 3.59. The maximum Gasteiger partial charge on any atom is 0.0712 e. The van der Waals surface area contributed by atoms with Gasteiger partial charge in [-0.2, -0.15) is 0 Å². The molecule has 0 bridgehead atoms. The first kappa shape index (κ1) is 22.5. The molecule has 0 atom stereocenters. The molecule has 3 heteroatoms. The molecule has 2 aromatic carbocycles. The van der Waals surface area contributed by atoms with Crippen LogP contribution in [0.3, 0.4) is 0 Å². The van der Waals surface area contributed by atoms with Crippen molar-refractivity contribution in [3.8, 4) is 0 Å². The Morgan fingerprint density at radius 1 is 0.926 bits per heavy atom. The van der Waals surface area contributed by atoms with Gasteiger partial charge in [-0.1, -0.05) is 49.7 Å². The number of para-hydroxylation sites is 2. The Labute approximate surface area is 165 Å². The molecule has 3 nitrogen and oxygen atoms in total. The monoisotopic (exact) mass is 363 g/mol. The van der Waals surface area contributed by atoms with Crippen LogP contribution in [0.25, 0.3) is 0 Å². The van der Waals surface area contributed by atoms with E-state index in [1.165, 1.54) is 24.1 Å². The summed E-state index contributed by atoms with van der Waals surface area (Å²) >= 11 is 0. The van der Waals surface area contributed by atoms with Gasteiger partial charge in [-0.15, -0.1) is 0 Å². The number of hydrogen-bond acceptors (Lipinski definition) is 3. The third kappa shape index (κ3) is 8.12. The molecule has 0 fully saturated rings. The van der Waals surface area contributed by atoms with Crippen LogP contribution in [0.4, 0.5) is 11.4 Å². The standard InChI is InChI=1S/C13H19N.C11H14N2/c1-4-5-9-12(3)14-13-10-7-6-8-11(13)2;1-4-13-9(2)10-7-5-6-8-11(10)12-3/h6-8,10H,4-5,9H2,1-3H3;5-8H,3-4H2,1-2H3. The zero-order valence-corrected chi connectivity index (χ0v) is 17.5. The topological polar surface area (TPSA) is 37.1 Å². The van der Waals surface area contributed by atoms with Crippen molar-refractivity contribution in [1.82, 2.24) is 0 Å². The molecule has 0 unspecified atom stereocenters. The molecule has 2 rings (SSSR count). The van der Waals surface area contributed by atoms with E-state index in [-0.39, 0.29) is 0 Å². The lowest BCUT2D eigenvalue weighted by molar-refractivity contribution is 0.833. The quantitative estimate of drug-likeness (QED) is 0.469. The van der Waals surface area contributed by atoms with Gasteiger partial charge in [0.05, 0.1) is 11.4 Å². The summed E-state index contributed by atoms with van der Waals surface area (Å²) < 4.78 is 0. The molecule has 0 aliphatic heterocycles. The van der Waals surface area contributed by atoms with Gasteiger partial charge in [0.15, 0.2) is 0 Å². The van der Waals surface area contributed by atoms with Crippen LogP contribution >= 0.6 is 0 Å². The van der Waals surface area contributed by atoms with Crippen molar-refractivity contribution in [2.24, 2.45) is 15.0 Å². The van der Waals surface area contributed by atoms with Gasteiger partial charge >= 0.3 is 0 Å². The van der Waals surface area contributed by atoms with Crippen LogP contribution in [0.5, 0.6) is 0 Å². The second-order valence-electron chi connectivity index (χ2n) is 6.47. The first-order valence-corrected chi connectivity index (χ1v) is 9.70. The zero-order chi connectivity index (χ0) is 20.1. The van der Waals surface area contributed by atoms with Crippen LogP contribution in [0.15, 0.2) is 63.5 Å². The lowest BCUT2D eigenvalue weighted by atomic mass is 10.1. The molecule has 2 aromatic rings. The molecule has 0 spiro atoms. The van der Waals surface area contributed by atoms with Gasteiger partial charge in [0, 0.05) is 23.5 Å². The number of rotatable bonds is 7. The summed E-state index contributed by atoms with van der Waals surface area (Å²) in [5.74, 6) is 0. The van der Waals surface area contributed by atoms with Crippen molar-refractivity contribution in [3.05, 3.63) is 59.7 Å². The average molecular weight is 364 g/mol. The van der Waals surface area contributed by atoms with Crippen molar-refractivity contribution in [1.29, 1.82) is 0 Å². The van der Waals surface area contributed by atoms with E-state index in [1.54, 1.807) is 0 Å². The SMILES string of the molecule is C=Nc1ccccc1C(C)=NCC.CCCCC(C)=Nc1ccccc1C. The van der Waals surface area contributed by atoms with Crippen molar-refractivity contribution < 1.29 is 0 Å². The second-order valence-corrected chi connectivity index (χ2v) is 6.47. The molecule has 0 aliphatic rings. The number of unbranched alkanes of at least 4 members (excludes halogenated alkanes) is 1. The van der Waals surface area contributed by atoms with E-state index in [2.05, 4.69) is 60.7 Å². The largest absolute Gasteiger partial charge is 0.290 e. The van der Waals surface area contributed by atoms with Gasteiger partial charge in [-0.3, -0.25) is 15.0 Å². The third-order valence-corrected chi connectivity index (χ3v) is 4.18. The van der Waals surface area contributed by atoms with Gasteiger partial charge in [-0.25, -0.2) is 0 Å². The van der Waals surface area contributed by atoms with E-state index < -0.39 is 0 Å². The highest BCUT2D eigenvalue weighted by atomic mass is 14.7. The minimum Gasteiger partial charge on any atom is -0.290 e. The van der Waals surface area contributed by atoms with Crippen molar-refractivity contribution in [2.45, 2.75) is 53.9 Å². The second kappa shape index (κ2) is 12.7. The van der Waals surface area contributed by atoms with Gasteiger partial charge in [0.25, 0.3) is 0 Å². The molecule has 0 amide bonds. The Bertz CT molecular complexity index is 773. The summed E-state index contributed by atoms with van der Waals surface area (Å²) in [7, 11) is 0. The van der Waals surface area contributed by atoms with E-state index >= 15 is 0 Å². The highest BCUT2D eigenvalue weighted by Crippen LogP contribution is 2.19. The summed E-state index contributed by atoms with van der Waals surface area (Å²) in [4.78, 5) is 12.9. The average Bonchev–Trinajstić information content (AvgIpc) is 2.69. The Balaban J connectivity index is 0.000000271. The number of aryl methyl sites for hydroxylation is 1. The molecular weight excluding hydrogens is 330 g/mol. The lowest BCUT2D eigenvalue weighted by Crippen LogP contribution is -1.95. The summed E-state index contributed by atoms with van der Waals surface area (Å²) in [6, 6.07) is 16.2. The first-order valence-electron chi connectivity index (χ1n) is 9.70. The van der Waals surface area contributed by atoms with Gasteiger partial charge in [-0.05, 0) is 65.0 Å². The van der Waals surface area contributed by atoms with Crippen LogP contribution in [0, 0.1) is 6.92 Å². The van der Waals surface area contributed by atoms with E-state index in [0.717, 1.165) is 35.6 Å². The number of aliphatic imine (C=N–C) groups is 3. The van der Waals surface area contributed by atoms with Crippen LogP contribution in [-0.2, 0) is 0 Å². The summed E-state index contributed by atoms with van der Waals surface area (Å²) in [5.41, 5.74) is 6.59. The molecule has 0 aliphatic carbocycles. The Kier molecular flexibility index (Phi) is 10.6. The van der Waals surface area contributed by atoms with Crippen LogP contribution < -0.4 is 0 Å². The number of hydrogen-bond donors (Lipinski definition) is 0. The van der Waals surface area contributed by atoms with Crippen LogP contribution in [0.2, 0.25) is 0 Å². The predicted octanol–water partition coefficient (Wildman–Crippen LogP) is 7.13. The van der Waals surface area contributed by atoms with Gasteiger partial charge < -0.3 is 0 Å². The Morgan fingerprint density at radius 3 is 2.15 bits per heavy atom. The fourth-order valence-electron chi connectivity index (χ4n) is 2.62. The van der Waals surface area contributed by atoms with E-state index in [0.29, 0.717) is 0 Å². The molecular formula is C24H33N3. The fraction of sp³-hybridized carbons (Fsp3) is 0.375. The molecule has 0 heterocycles. The predicted molar refractivity (Wildman–Crippen MR) is 122 cm³/mol. The molecule has 144 valence electrons. The van der Waals surface area contributed by atoms with Gasteiger partial charge in [0.1, 0.15) is 0 Å². The minimum absolute atomic E-state index is 0.803. The summed E-state index contributed by atoms with van der Waals surface area (Å²) in [5, 5.41) is 0. The number of nitrogens with zero attached hydrogens (tertiary/aromatic N) is 3. The zero-order valence-electron chi connectivity index (χ0n) is 17.5. The Morgan fingerprint density at radius 2 is 1.56 bits per heavy atom. The molecule has 0 saturated heterocycles. The van der Waals surface area contributed by atoms with E-state index in [9.17, 15) is 0 Å². The highest BCUT2D eigenvalue weighted by molar-refractivity contribution is 6.03. The lowest BCUT2D eigenvalue weighted by Gasteiger charge is -2.03. The van der Waals surface area contributed by atoms with E-state index in [1.807, 2.05) is 44.2 Å². The van der Waals surface area contributed by atoms with Crippen molar-refractivity contribution in [2.75, 3.05) is 6.54 Å². The molecule has 0 radical (unpaired) electrons. The minimum atomic E-state index is 0.803. The summed E-state index contributed by atoms with van der Waals surface area (Å²) in [6.45, 7) is 14.8. The van der Waals surface area contributed by atoms with Crippen molar-refractivity contribution in [3.63, 3.8) is 0 Å². The van der Waals surface area contributed by atoms with Crippen LogP contribution in [0.1, 0.15) is 58.1 Å². The van der Waals surface area contributed by atoms with Crippen LogP contribution in [-0.4, -0.2) is 24.7 Å². The smallest absolute Gasteiger partial charge is 0.0712 e. The van der Waals surface area contributed by atoms with E-state index in [4.69, 9.17) is 0 Å². The first-order chi connectivity index (χ1) is 13.0. The highest BCUT2D eigenvalue weighted by Gasteiger charge is 2.01.